The Morgan fingerprint density at radius 3 is 2.65 bits per heavy atom. The van der Waals surface area contributed by atoms with Crippen LogP contribution in [0.3, 0.4) is 0 Å². The third-order valence-electron chi connectivity index (χ3n) is 6.82. The Morgan fingerprint density at radius 1 is 1.30 bits per heavy atom. The molecule has 1 aliphatic heterocycles. The molecule has 1 atom stereocenters. The minimum atomic E-state index is -0.0878. The van der Waals surface area contributed by atoms with Gasteiger partial charge in [0.15, 0.2) is 0 Å². The van der Waals surface area contributed by atoms with E-state index in [1.54, 1.807) is 11.4 Å². The van der Waals surface area contributed by atoms with Crippen LogP contribution in [0.2, 0.25) is 0 Å². The lowest BCUT2D eigenvalue weighted by molar-refractivity contribution is -0.133. The average Bonchev–Trinajstić information content (AvgIpc) is 3.50. The van der Waals surface area contributed by atoms with E-state index in [4.69, 9.17) is 15.9 Å². The number of nitrogens with zero attached hydrogens (tertiary/aromatic N) is 1. The van der Waals surface area contributed by atoms with E-state index in [1.807, 2.05) is 35.2 Å². The lowest BCUT2D eigenvalue weighted by Gasteiger charge is -2.37. The van der Waals surface area contributed by atoms with Crippen molar-refractivity contribution in [3.63, 3.8) is 0 Å². The van der Waals surface area contributed by atoms with Crippen molar-refractivity contribution in [3.8, 4) is 5.75 Å². The van der Waals surface area contributed by atoms with Gasteiger partial charge in [0.2, 0.25) is 18.2 Å². The van der Waals surface area contributed by atoms with Crippen molar-refractivity contribution in [1.82, 2.24) is 15.5 Å². The molecule has 1 saturated heterocycles. The number of nitrogens with two attached hydrogens (primary N) is 1. The number of para-hydroxylation sites is 1. The standard InChI is InChI=1S/C20H28N2O3.C7H9N3OS/c1-16-13-20(10-6-11-20)15-22(16)19(24)14-21-18(23)9-5-12-25-17-7-3-2-4-8-17;8-7(9)5-1-6(12-3-5)2-10-4-11/h2-4,7-8,16H,5-6,9-15H2,1H3,(H,21,23);1,3-4H,2H2,(H3,8,9)(H,10,11). The highest BCUT2D eigenvalue weighted by molar-refractivity contribution is 7.10. The van der Waals surface area contributed by atoms with Crippen LogP contribution < -0.4 is 21.1 Å². The van der Waals surface area contributed by atoms with E-state index in [0.29, 0.717) is 49.4 Å². The topological polar surface area (TPSA) is 138 Å². The van der Waals surface area contributed by atoms with Crippen LogP contribution in [0.4, 0.5) is 0 Å². The number of nitrogen functional groups attached to an aromatic ring is 1. The van der Waals surface area contributed by atoms with Crippen LogP contribution in [0.1, 0.15) is 55.9 Å². The largest absolute Gasteiger partial charge is 0.494 e. The highest BCUT2D eigenvalue weighted by Gasteiger charge is 2.47. The Bertz CT molecular complexity index is 1050. The zero-order chi connectivity index (χ0) is 26.7. The molecule has 0 radical (unpaired) electrons. The van der Waals surface area contributed by atoms with E-state index in [1.165, 1.54) is 30.6 Å². The van der Waals surface area contributed by atoms with Gasteiger partial charge in [-0.1, -0.05) is 24.6 Å². The fourth-order valence-corrected chi connectivity index (χ4v) is 5.59. The number of amides is 3. The molecule has 2 aromatic rings. The minimum Gasteiger partial charge on any atom is -0.494 e. The number of thiophene rings is 1. The summed E-state index contributed by atoms with van der Waals surface area (Å²) in [5.41, 5.74) is 6.35. The number of nitrogens with one attached hydrogen (secondary N) is 3. The van der Waals surface area contributed by atoms with Crippen molar-refractivity contribution in [2.75, 3.05) is 19.7 Å². The normalized spacial score (nSPS) is 17.2. The average molecular weight is 528 g/mol. The third-order valence-corrected chi connectivity index (χ3v) is 7.76. The molecule has 2 fully saturated rings. The molecule has 37 heavy (non-hydrogen) atoms. The summed E-state index contributed by atoms with van der Waals surface area (Å²) in [5.74, 6) is 0.829. The van der Waals surface area contributed by atoms with Gasteiger partial charge in [-0.2, -0.15) is 0 Å². The number of amidine groups is 1. The number of benzene rings is 1. The molecular formula is C27H37N5O4S. The zero-order valence-electron chi connectivity index (χ0n) is 21.3. The number of hydrogen-bond donors (Lipinski definition) is 4. The number of hydrogen-bond acceptors (Lipinski definition) is 6. The predicted molar refractivity (Wildman–Crippen MR) is 144 cm³/mol. The van der Waals surface area contributed by atoms with Crippen molar-refractivity contribution in [2.45, 2.75) is 58.0 Å². The fourth-order valence-electron chi connectivity index (χ4n) is 4.75. The van der Waals surface area contributed by atoms with Crippen LogP contribution in [-0.2, 0) is 20.9 Å². The molecule has 1 spiro atoms. The summed E-state index contributed by atoms with van der Waals surface area (Å²) in [5, 5.41) is 14.2. The molecule has 2 heterocycles. The first kappa shape index (κ1) is 28.2. The molecule has 2 aliphatic rings. The van der Waals surface area contributed by atoms with Gasteiger partial charge in [-0.15, -0.1) is 11.3 Å². The smallest absolute Gasteiger partial charge is 0.242 e. The first-order valence-electron chi connectivity index (χ1n) is 12.6. The third kappa shape index (κ3) is 8.59. The molecule has 1 aromatic carbocycles. The summed E-state index contributed by atoms with van der Waals surface area (Å²) >= 11 is 1.48. The predicted octanol–water partition coefficient (Wildman–Crippen LogP) is 3.03. The fraction of sp³-hybridized carbons (Fsp3) is 0.481. The second-order valence-electron chi connectivity index (χ2n) is 9.68. The lowest BCUT2D eigenvalue weighted by atomic mass is 9.68. The van der Waals surface area contributed by atoms with Gasteiger partial charge in [0.25, 0.3) is 0 Å². The molecule has 1 saturated carbocycles. The van der Waals surface area contributed by atoms with Crippen molar-refractivity contribution >= 4 is 35.4 Å². The molecule has 200 valence electrons. The van der Waals surface area contributed by atoms with Gasteiger partial charge >= 0.3 is 0 Å². The second kappa shape index (κ2) is 13.8. The SMILES string of the molecule is CC1CC2(CCC2)CN1C(=O)CNC(=O)CCCOc1ccccc1.N=C(N)c1csc(CNC=O)c1. The lowest BCUT2D eigenvalue weighted by Crippen LogP contribution is -2.43. The summed E-state index contributed by atoms with van der Waals surface area (Å²) in [6.45, 7) is 4.10. The molecule has 1 unspecified atom stereocenters. The van der Waals surface area contributed by atoms with Gasteiger partial charge in [-0.25, -0.2) is 0 Å². The quantitative estimate of drug-likeness (QED) is 0.154. The Labute approximate surface area is 222 Å². The number of rotatable bonds is 11. The Morgan fingerprint density at radius 2 is 2.05 bits per heavy atom. The van der Waals surface area contributed by atoms with Gasteiger partial charge in [0, 0.05) is 34.8 Å². The zero-order valence-corrected chi connectivity index (χ0v) is 22.1. The van der Waals surface area contributed by atoms with E-state index in [2.05, 4.69) is 17.6 Å². The molecular weight excluding hydrogens is 490 g/mol. The number of carbonyl (C=O) groups excluding carboxylic acids is 3. The summed E-state index contributed by atoms with van der Waals surface area (Å²) in [7, 11) is 0. The van der Waals surface area contributed by atoms with E-state index in [9.17, 15) is 14.4 Å². The summed E-state index contributed by atoms with van der Waals surface area (Å²) in [6, 6.07) is 11.6. The van der Waals surface area contributed by atoms with Crippen molar-refractivity contribution in [2.24, 2.45) is 11.1 Å². The minimum absolute atomic E-state index is 0.0464. The van der Waals surface area contributed by atoms with Crippen LogP contribution in [0.25, 0.3) is 0 Å². The maximum Gasteiger partial charge on any atom is 0.242 e. The monoisotopic (exact) mass is 527 g/mol. The maximum absolute atomic E-state index is 12.4. The van der Waals surface area contributed by atoms with Crippen LogP contribution in [0.5, 0.6) is 5.75 Å². The van der Waals surface area contributed by atoms with E-state index in [0.717, 1.165) is 23.6 Å². The number of carbonyl (C=O) groups is 3. The molecule has 10 heteroatoms. The Hall–Kier alpha value is -3.40. The van der Waals surface area contributed by atoms with E-state index < -0.39 is 0 Å². The molecule has 4 rings (SSSR count). The van der Waals surface area contributed by atoms with Crippen molar-refractivity contribution in [1.29, 1.82) is 5.41 Å². The van der Waals surface area contributed by atoms with Gasteiger partial charge in [-0.05, 0) is 56.2 Å². The molecule has 1 aromatic heterocycles. The maximum atomic E-state index is 12.4. The summed E-state index contributed by atoms with van der Waals surface area (Å²) in [4.78, 5) is 37.2. The first-order valence-corrected chi connectivity index (χ1v) is 13.5. The Balaban J connectivity index is 0.000000266. The molecule has 0 bridgehead atoms. The summed E-state index contributed by atoms with van der Waals surface area (Å²) in [6.07, 6.45) is 6.55. The van der Waals surface area contributed by atoms with Crippen LogP contribution in [0.15, 0.2) is 41.8 Å². The van der Waals surface area contributed by atoms with Crippen LogP contribution >= 0.6 is 11.3 Å². The van der Waals surface area contributed by atoms with Crippen LogP contribution in [-0.4, -0.2) is 54.7 Å². The Kier molecular flexibility index (Phi) is 10.5. The van der Waals surface area contributed by atoms with Gasteiger partial charge in [0.1, 0.15) is 11.6 Å². The van der Waals surface area contributed by atoms with Crippen molar-refractivity contribution in [3.05, 3.63) is 52.2 Å². The number of likely N-dealkylation sites (tertiary alicyclic amines) is 1. The van der Waals surface area contributed by atoms with E-state index in [-0.39, 0.29) is 24.2 Å². The van der Waals surface area contributed by atoms with Gasteiger partial charge < -0.3 is 26.0 Å². The summed E-state index contributed by atoms with van der Waals surface area (Å²) < 4.78 is 5.56. The molecule has 5 N–H and O–H groups in total. The van der Waals surface area contributed by atoms with Crippen LogP contribution in [0, 0.1) is 10.8 Å². The molecule has 1 aliphatic carbocycles. The van der Waals surface area contributed by atoms with Gasteiger partial charge in [0.05, 0.1) is 19.7 Å². The van der Waals surface area contributed by atoms with E-state index >= 15 is 0 Å². The van der Waals surface area contributed by atoms with Gasteiger partial charge in [-0.3, -0.25) is 19.8 Å². The molecule has 9 nitrogen and oxygen atoms in total. The second-order valence-corrected chi connectivity index (χ2v) is 10.7. The molecule has 3 amide bonds. The number of ether oxygens (including phenoxy) is 1. The first-order chi connectivity index (χ1) is 17.8. The highest BCUT2D eigenvalue weighted by Crippen LogP contribution is 2.50. The van der Waals surface area contributed by atoms with Crippen molar-refractivity contribution < 1.29 is 19.1 Å². The highest BCUT2D eigenvalue weighted by atomic mass is 32.1.